The van der Waals surface area contributed by atoms with E-state index in [0.29, 0.717) is 6.61 Å². The average Bonchev–Trinajstić information content (AvgIpc) is 3.11. The molecular weight excluding hydrogens is 270 g/mol. The van der Waals surface area contributed by atoms with Crippen LogP contribution >= 0.6 is 0 Å². The molecule has 1 aromatic rings. The molecule has 2 unspecified atom stereocenters. The highest BCUT2D eigenvalue weighted by molar-refractivity contribution is 5.82. The van der Waals surface area contributed by atoms with E-state index in [0.717, 1.165) is 12.8 Å². The number of rotatable bonds is 3. The Bertz CT molecular complexity index is 546. The number of benzene rings is 1. The summed E-state index contributed by atoms with van der Waals surface area (Å²) >= 11 is 0. The number of nitrogens with zero attached hydrogens (tertiary/aromatic N) is 1. The van der Waals surface area contributed by atoms with Gasteiger partial charge in [0.25, 0.3) is 0 Å². The van der Waals surface area contributed by atoms with Gasteiger partial charge in [-0.15, -0.1) is 0 Å². The van der Waals surface area contributed by atoms with Crippen LogP contribution in [0.25, 0.3) is 0 Å². The number of aliphatic carboxylic acids is 1. The lowest BCUT2D eigenvalue weighted by Gasteiger charge is -2.28. The van der Waals surface area contributed by atoms with Crippen LogP contribution in [0.2, 0.25) is 0 Å². The van der Waals surface area contributed by atoms with Crippen molar-refractivity contribution >= 4 is 11.9 Å². The molecule has 0 spiro atoms. The van der Waals surface area contributed by atoms with Gasteiger partial charge in [-0.1, -0.05) is 24.3 Å². The van der Waals surface area contributed by atoms with Crippen molar-refractivity contribution in [3.63, 3.8) is 0 Å². The maximum atomic E-state index is 12.6. The predicted octanol–water partition coefficient (Wildman–Crippen LogP) is 0.959. The molecule has 0 bridgehead atoms. The molecular formula is C16H19NO4. The fourth-order valence-electron chi connectivity index (χ4n) is 3.35. The van der Waals surface area contributed by atoms with Crippen molar-refractivity contribution in [1.29, 1.82) is 0 Å². The molecule has 1 aliphatic carbocycles. The Kier molecular flexibility index (Phi) is 3.68. The number of carboxylic acid groups (broad SMARTS) is 1. The molecule has 0 aromatic heterocycles. The second-order valence-electron chi connectivity index (χ2n) is 5.87. The highest BCUT2D eigenvalue weighted by atomic mass is 16.5. The Balaban J connectivity index is 1.70. The first-order chi connectivity index (χ1) is 10.1. The Morgan fingerprint density at radius 3 is 2.38 bits per heavy atom. The Morgan fingerprint density at radius 1 is 1.19 bits per heavy atom. The van der Waals surface area contributed by atoms with E-state index in [1.807, 2.05) is 12.1 Å². The Labute approximate surface area is 123 Å². The summed E-state index contributed by atoms with van der Waals surface area (Å²) in [5.74, 6) is -1.58. The zero-order valence-electron chi connectivity index (χ0n) is 12.0. The normalized spacial score (nSPS) is 24.8. The lowest BCUT2D eigenvalue weighted by molar-refractivity contribution is -0.145. The van der Waals surface area contributed by atoms with Gasteiger partial charge in [0.05, 0.1) is 19.3 Å². The van der Waals surface area contributed by atoms with E-state index in [9.17, 15) is 14.7 Å². The van der Waals surface area contributed by atoms with E-state index < -0.39 is 11.9 Å². The standard InChI is InChI=1S/C16H19NO4/c1-17(14-9-21-8-13(14)16(19)20)15(18)12-6-10-4-2-3-5-11(10)7-12/h2-5,12-14H,6-9H2,1H3,(H,19,20). The molecule has 1 fully saturated rings. The van der Waals surface area contributed by atoms with E-state index >= 15 is 0 Å². The van der Waals surface area contributed by atoms with Crippen molar-refractivity contribution in [1.82, 2.24) is 4.90 Å². The van der Waals surface area contributed by atoms with Crippen molar-refractivity contribution in [3.8, 4) is 0 Å². The maximum absolute atomic E-state index is 12.6. The van der Waals surface area contributed by atoms with E-state index in [1.54, 1.807) is 11.9 Å². The topological polar surface area (TPSA) is 66.8 Å². The molecule has 5 nitrogen and oxygen atoms in total. The van der Waals surface area contributed by atoms with Crippen LogP contribution in [-0.2, 0) is 27.2 Å². The summed E-state index contributed by atoms with van der Waals surface area (Å²) < 4.78 is 5.25. The second kappa shape index (κ2) is 5.48. The predicted molar refractivity (Wildman–Crippen MR) is 75.8 cm³/mol. The number of carbonyl (C=O) groups excluding carboxylic acids is 1. The number of ether oxygens (including phenoxy) is 1. The summed E-state index contributed by atoms with van der Waals surface area (Å²) in [7, 11) is 1.70. The minimum atomic E-state index is -0.896. The van der Waals surface area contributed by atoms with Gasteiger partial charge in [-0.25, -0.2) is 0 Å². The number of amides is 1. The van der Waals surface area contributed by atoms with Crippen LogP contribution in [-0.4, -0.2) is 48.2 Å². The SMILES string of the molecule is CN(C(=O)C1Cc2ccccc2C1)C1COCC1C(=O)O. The zero-order chi connectivity index (χ0) is 15.0. The zero-order valence-corrected chi connectivity index (χ0v) is 12.0. The van der Waals surface area contributed by atoms with Gasteiger partial charge < -0.3 is 14.7 Å². The number of carbonyl (C=O) groups is 2. The number of carboxylic acids is 1. The molecule has 0 radical (unpaired) electrons. The van der Waals surface area contributed by atoms with Crippen molar-refractivity contribution in [3.05, 3.63) is 35.4 Å². The lowest BCUT2D eigenvalue weighted by atomic mass is 9.99. The molecule has 1 saturated heterocycles. The first-order valence-corrected chi connectivity index (χ1v) is 7.22. The van der Waals surface area contributed by atoms with Crippen molar-refractivity contribution in [2.24, 2.45) is 11.8 Å². The smallest absolute Gasteiger partial charge is 0.311 e. The van der Waals surface area contributed by atoms with Gasteiger partial charge in [0.2, 0.25) is 5.91 Å². The molecule has 0 saturated carbocycles. The Morgan fingerprint density at radius 2 is 1.81 bits per heavy atom. The van der Waals surface area contributed by atoms with Gasteiger partial charge in [-0.3, -0.25) is 9.59 Å². The summed E-state index contributed by atoms with van der Waals surface area (Å²) in [4.78, 5) is 25.5. The highest BCUT2D eigenvalue weighted by Gasteiger charge is 2.40. The van der Waals surface area contributed by atoms with E-state index in [2.05, 4.69) is 12.1 Å². The van der Waals surface area contributed by atoms with Crippen LogP contribution in [0, 0.1) is 11.8 Å². The molecule has 5 heteroatoms. The van der Waals surface area contributed by atoms with Gasteiger partial charge in [0.1, 0.15) is 5.92 Å². The summed E-state index contributed by atoms with van der Waals surface area (Å²) in [6, 6.07) is 7.73. The monoisotopic (exact) mass is 289 g/mol. The molecule has 1 heterocycles. The minimum absolute atomic E-state index is 0.0212. The van der Waals surface area contributed by atoms with Crippen LogP contribution in [0.3, 0.4) is 0 Å². The third-order valence-electron chi connectivity index (χ3n) is 4.61. The number of likely N-dealkylation sites (N-methyl/N-ethyl adjacent to an activating group) is 1. The fourth-order valence-corrected chi connectivity index (χ4v) is 3.35. The molecule has 1 aliphatic heterocycles. The third kappa shape index (κ3) is 2.53. The molecule has 112 valence electrons. The molecule has 1 N–H and O–H groups in total. The summed E-state index contributed by atoms with van der Waals surface area (Å²) in [6.07, 6.45) is 1.48. The molecule has 3 rings (SSSR count). The molecule has 1 aromatic carbocycles. The third-order valence-corrected chi connectivity index (χ3v) is 4.61. The molecule has 21 heavy (non-hydrogen) atoms. The first-order valence-electron chi connectivity index (χ1n) is 7.22. The molecule has 2 atom stereocenters. The molecule has 1 amide bonds. The first kappa shape index (κ1) is 14.1. The van der Waals surface area contributed by atoms with Gasteiger partial charge >= 0.3 is 5.97 Å². The van der Waals surface area contributed by atoms with Gasteiger partial charge in [0, 0.05) is 13.0 Å². The molecule has 2 aliphatic rings. The average molecular weight is 289 g/mol. The van der Waals surface area contributed by atoms with Crippen molar-refractivity contribution in [2.45, 2.75) is 18.9 Å². The summed E-state index contributed by atoms with van der Waals surface area (Å²) in [5, 5.41) is 9.20. The van der Waals surface area contributed by atoms with Crippen molar-refractivity contribution in [2.75, 3.05) is 20.3 Å². The second-order valence-corrected chi connectivity index (χ2v) is 5.87. The fraction of sp³-hybridized carbons (Fsp3) is 0.500. The van der Waals surface area contributed by atoms with Crippen LogP contribution in [0.15, 0.2) is 24.3 Å². The van der Waals surface area contributed by atoms with Crippen LogP contribution < -0.4 is 0 Å². The summed E-state index contributed by atoms with van der Waals surface area (Å²) in [6.45, 7) is 0.487. The Hall–Kier alpha value is -1.88. The van der Waals surface area contributed by atoms with E-state index in [1.165, 1.54) is 11.1 Å². The van der Waals surface area contributed by atoms with E-state index in [4.69, 9.17) is 4.74 Å². The largest absolute Gasteiger partial charge is 0.481 e. The maximum Gasteiger partial charge on any atom is 0.311 e. The van der Waals surface area contributed by atoms with Gasteiger partial charge in [0.15, 0.2) is 0 Å². The van der Waals surface area contributed by atoms with Gasteiger partial charge in [-0.05, 0) is 24.0 Å². The van der Waals surface area contributed by atoms with Gasteiger partial charge in [-0.2, -0.15) is 0 Å². The number of hydrogen-bond acceptors (Lipinski definition) is 3. The lowest BCUT2D eigenvalue weighted by Crippen LogP contribution is -2.46. The van der Waals surface area contributed by atoms with Crippen LogP contribution in [0.1, 0.15) is 11.1 Å². The minimum Gasteiger partial charge on any atom is -0.481 e. The van der Waals surface area contributed by atoms with E-state index in [-0.39, 0.29) is 24.5 Å². The van der Waals surface area contributed by atoms with Crippen molar-refractivity contribution < 1.29 is 19.4 Å². The van der Waals surface area contributed by atoms with Crippen LogP contribution in [0.5, 0.6) is 0 Å². The quantitative estimate of drug-likeness (QED) is 0.900. The van der Waals surface area contributed by atoms with Crippen LogP contribution in [0.4, 0.5) is 0 Å². The highest BCUT2D eigenvalue weighted by Crippen LogP contribution is 2.29. The summed E-state index contributed by atoms with van der Waals surface area (Å²) in [5.41, 5.74) is 2.45. The number of fused-ring (bicyclic) bond motifs is 1. The number of hydrogen-bond donors (Lipinski definition) is 1.